The number of rotatable bonds is 9. The number of morpholine rings is 1. The minimum atomic E-state index is -1.13. The van der Waals surface area contributed by atoms with Crippen LogP contribution >= 0.6 is 0 Å². The molecular formula is C25H30N2O6. The number of hydrogen-bond donors (Lipinski definition) is 1. The van der Waals surface area contributed by atoms with E-state index >= 15 is 0 Å². The molecule has 0 unspecified atom stereocenters. The fourth-order valence-corrected chi connectivity index (χ4v) is 4.39. The van der Waals surface area contributed by atoms with Crippen LogP contribution in [0.3, 0.4) is 0 Å². The van der Waals surface area contributed by atoms with Crippen LogP contribution in [-0.4, -0.2) is 92.7 Å². The van der Waals surface area contributed by atoms with Crippen LogP contribution in [0.15, 0.2) is 48.5 Å². The second-order valence-corrected chi connectivity index (χ2v) is 8.30. The van der Waals surface area contributed by atoms with E-state index in [-0.39, 0.29) is 19.1 Å². The first-order valence-corrected chi connectivity index (χ1v) is 11.2. The number of fused-ring (bicyclic) bond motifs is 3. The molecule has 0 radical (unpaired) electrons. The molecule has 1 aliphatic carbocycles. The Morgan fingerprint density at radius 1 is 1.09 bits per heavy atom. The predicted molar refractivity (Wildman–Crippen MR) is 122 cm³/mol. The monoisotopic (exact) mass is 454 g/mol. The first kappa shape index (κ1) is 23.2. The Hall–Kier alpha value is -2.94. The summed E-state index contributed by atoms with van der Waals surface area (Å²) in [6.45, 7) is 4.20. The molecule has 1 atom stereocenters. The van der Waals surface area contributed by atoms with E-state index in [9.17, 15) is 14.7 Å². The molecule has 176 valence electrons. The quantitative estimate of drug-likeness (QED) is 0.583. The minimum absolute atomic E-state index is 0.0807. The highest BCUT2D eigenvalue weighted by molar-refractivity contribution is 5.81. The number of nitrogens with zero attached hydrogens (tertiary/aromatic N) is 2. The van der Waals surface area contributed by atoms with Crippen molar-refractivity contribution in [1.82, 2.24) is 9.80 Å². The van der Waals surface area contributed by atoms with Crippen molar-refractivity contribution in [1.29, 1.82) is 0 Å². The van der Waals surface area contributed by atoms with Crippen molar-refractivity contribution in [3.8, 4) is 11.1 Å². The van der Waals surface area contributed by atoms with Crippen LogP contribution in [-0.2, 0) is 19.0 Å². The van der Waals surface area contributed by atoms with Gasteiger partial charge in [-0.25, -0.2) is 9.59 Å². The van der Waals surface area contributed by atoms with Crippen molar-refractivity contribution in [3.05, 3.63) is 59.7 Å². The van der Waals surface area contributed by atoms with Crippen LogP contribution in [0, 0.1) is 0 Å². The number of hydrogen-bond acceptors (Lipinski definition) is 6. The summed E-state index contributed by atoms with van der Waals surface area (Å²) in [7, 11) is 1.43. The molecule has 1 aliphatic heterocycles. The number of likely N-dealkylation sites (N-methyl/N-ethyl adjacent to an activating group) is 1. The van der Waals surface area contributed by atoms with Gasteiger partial charge in [0.05, 0.1) is 26.4 Å². The molecule has 0 spiro atoms. The van der Waals surface area contributed by atoms with E-state index in [1.807, 2.05) is 36.4 Å². The molecule has 1 amide bonds. The van der Waals surface area contributed by atoms with E-state index in [0.717, 1.165) is 40.2 Å². The van der Waals surface area contributed by atoms with Gasteiger partial charge >= 0.3 is 12.1 Å². The molecule has 1 fully saturated rings. The SMILES string of the molecule is CN(C(=O)OCC1c2ccccc2-c2ccccc21)[C@@H](COCCN1CCOCC1)C(=O)O. The van der Waals surface area contributed by atoms with Crippen molar-refractivity contribution < 1.29 is 28.9 Å². The summed E-state index contributed by atoms with van der Waals surface area (Å²) in [5.41, 5.74) is 4.49. The highest BCUT2D eigenvalue weighted by Gasteiger charge is 2.32. The normalized spacial score (nSPS) is 16.6. The van der Waals surface area contributed by atoms with E-state index in [0.29, 0.717) is 26.4 Å². The van der Waals surface area contributed by atoms with Gasteiger partial charge in [-0.05, 0) is 22.3 Å². The zero-order chi connectivity index (χ0) is 23.2. The highest BCUT2D eigenvalue weighted by Crippen LogP contribution is 2.44. The molecule has 1 saturated heterocycles. The van der Waals surface area contributed by atoms with E-state index in [1.165, 1.54) is 7.05 Å². The Bertz CT molecular complexity index is 929. The standard InChI is InChI=1S/C25H30N2O6/c1-26(23(24(28)29)17-32-15-12-27-10-13-31-14-11-27)25(30)33-16-22-20-8-4-2-6-18(20)19-7-3-5-9-21(19)22/h2-9,22-23H,10-17H2,1H3,(H,28,29)/t23-/m0/s1. The Morgan fingerprint density at radius 3 is 2.30 bits per heavy atom. The lowest BCUT2D eigenvalue weighted by molar-refractivity contribution is -0.144. The molecule has 0 aromatic heterocycles. The predicted octanol–water partition coefficient (Wildman–Crippen LogP) is 2.67. The van der Waals surface area contributed by atoms with E-state index in [1.54, 1.807) is 0 Å². The summed E-state index contributed by atoms with van der Waals surface area (Å²) in [6.07, 6.45) is -0.680. The molecule has 2 aliphatic rings. The van der Waals surface area contributed by atoms with Gasteiger partial charge in [0.25, 0.3) is 0 Å². The molecule has 33 heavy (non-hydrogen) atoms. The molecule has 0 saturated carbocycles. The maximum Gasteiger partial charge on any atom is 0.410 e. The van der Waals surface area contributed by atoms with Gasteiger partial charge in [0.2, 0.25) is 0 Å². The second kappa shape index (κ2) is 10.8. The number of benzene rings is 2. The molecule has 2 aromatic rings. The Kier molecular flexibility index (Phi) is 7.59. The number of carbonyl (C=O) groups excluding carboxylic acids is 1. The molecular weight excluding hydrogens is 424 g/mol. The molecule has 4 rings (SSSR count). The van der Waals surface area contributed by atoms with Crippen LogP contribution in [0.2, 0.25) is 0 Å². The summed E-state index contributed by atoms with van der Waals surface area (Å²) in [4.78, 5) is 27.8. The lowest BCUT2D eigenvalue weighted by Gasteiger charge is -2.27. The van der Waals surface area contributed by atoms with Gasteiger partial charge in [-0.2, -0.15) is 0 Å². The summed E-state index contributed by atoms with van der Waals surface area (Å²) in [5.74, 6) is -1.21. The van der Waals surface area contributed by atoms with Crippen molar-refractivity contribution in [2.24, 2.45) is 0 Å². The Balaban J connectivity index is 1.32. The van der Waals surface area contributed by atoms with Crippen LogP contribution in [0.5, 0.6) is 0 Å². The van der Waals surface area contributed by atoms with E-state index in [2.05, 4.69) is 17.0 Å². The average molecular weight is 455 g/mol. The van der Waals surface area contributed by atoms with Gasteiger partial charge in [0.15, 0.2) is 6.04 Å². The molecule has 2 aromatic carbocycles. The number of amides is 1. The number of carboxylic acids is 1. The fourth-order valence-electron chi connectivity index (χ4n) is 4.39. The highest BCUT2D eigenvalue weighted by atomic mass is 16.6. The van der Waals surface area contributed by atoms with Gasteiger partial charge in [0.1, 0.15) is 6.61 Å². The van der Waals surface area contributed by atoms with Gasteiger partial charge in [0, 0.05) is 32.6 Å². The van der Waals surface area contributed by atoms with Crippen LogP contribution in [0.4, 0.5) is 4.79 Å². The smallest absolute Gasteiger partial charge is 0.410 e. The van der Waals surface area contributed by atoms with Gasteiger partial charge in [-0.3, -0.25) is 9.80 Å². The van der Waals surface area contributed by atoms with Crippen molar-refractivity contribution in [2.45, 2.75) is 12.0 Å². The number of ether oxygens (including phenoxy) is 3. The average Bonchev–Trinajstić information content (AvgIpc) is 3.16. The Labute approximate surface area is 193 Å². The molecule has 1 heterocycles. The van der Waals surface area contributed by atoms with Crippen LogP contribution in [0.25, 0.3) is 11.1 Å². The van der Waals surface area contributed by atoms with Crippen molar-refractivity contribution in [3.63, 3.8) is 0 Å². The maximum atomic E-state index is 12.7. The topological polar surface area (TPSA) is 88.5 Å². The molecule has 0 bridgehead atoms. The Morgan fingerprint density at radius 2 is 1.70 bits per heavy atom. The first-order valence-electron chi connectivity index (χ1n) is 11.2. The van der Waals surface area contributed by atoms with Gasteiger partial charge in [-0.15, -0.1) is 0 Å². The zero-order valence-electron chi connectivity index (χ0n) is 18.8. The number of carboxylic acid groups (broad SMARTS) is 1. The zero-order valence-corrected chi connectivity index (χ0v) is 18.8. The summed E-state index contributed by atoms with van der Waals surface area (Å²) >= 11 is 0. The minimum Gasteiger partial charge on any atom is -0.480 e. The van der Waals surface area contributed by atoms with E-state index in [4.69, 9.17) is 14.2 Å². The number of aliphatic carboxylic acids is 1. The van der Waals surface area contributed by atoms with Gasteiger partial charge < -0.3 is 19.3 Å². The van der Waals surface area contributed by atoms with Crippen LogP contribution < -0.4 is 0 Å². The van der Waals surface area contributed by atoms with E-state index < -0.39 is 18.1 Å². The van der Waals surface area contributed by atoms with Crippen molar-refractivity contribution >= 4 is 12.1 Å². The maximum absolute atomic E-state index is 12.7. The van der Waals surface area contributed by atoms with Crippen molar-refractivity contribution in [2.75, 3.05) is 59.7 Å². The second-order valence-electron chi connectivity index (χ2n) is 8.30. The lowest BCUT2D eigenvalue weighted by Crippen LogP contribution is -2.46. The lowest BCUT2D eigenvalue weighted by atomic mass is 9.98. The molecule has 8 heteroatoms. The third-order valence-corrected chi connectivity index (χ3v) is 6.31. The molecule has 8 nitrogen and oxygen atoms in total. The van der Waals surface area contributed by atoms with Crippen LogP contribution in [0.1, 0.15) is 17.0 Å². The number of carbonyl (C=O) groups is 2. The summed E-state index contributed by atoms with van der Waals surface area (Å²) in [6, 6.07) is 15.0. The third kappa shape index (κ3) is 5.35. The van der Waals surface area contributed by atoms with Gasteiger partial charge in [-0.1, -0.05) is 48.5 Å². The summed E-state index contributed by atoms with van der Waals surface area (Å²) in [5, 5.41) is 9.62. The molecule has 1 N–H and O–H groups in total. The first-order chi connectivity index (χ1) is 16.1. The largest absolute Gasteiger partial charge is 0.480 e. The summed E-state index contributed by atoms with van der Waals surface area (Å²) < 4.78 is 16.5. The third-order valence-electron chi connectivity index (χ3n) is 6.31. The fraction of sp³-hybridized carbons (Fsp3) is 0.440.